The second-order valence-corrected chi connectivity index (χ2v) is 4.93. The van der Waals surface area contributed by atoms with Gasteiger partial charge in [0.25, 0.3) is 0 Å². The van der Waals surface area contributed by atoms with Crippen molar-refractivity contribution in [2.75, 3.05) is 7.05 Å². The SMILES string of the molecule is CCCc1ccc(Oc2ccc(C(C)NC)nc2)cc1. The second-order valence-electron chi connectivity index (χ2n) is 4.93. The van der Waals surface area contributed by atoms with Gasteiger partial charge in [-0.15, -0.1) is 0 Å². The molecule has 20 heavy (non-hydrogen) atoms. The van der Waals surface area contributed by atoms with Gasteiger partial charge in [-0.3, -0.25) is 4.98 Å². The van der Waals surface area contributed by atoms with Gasteiger partial charge in [0.2, 0.25) is 0 Å². The summed E-state index contributed by atoms with van der Waals surface area (Å²) in [6.07, 6.45) is 4.04. The van der Waals surface area contributed by atoms with E-state index in [-0.39, 0.29) is 6.04 Å². The van der Waals surface area contributed by atoms with E-state index in [1.165, 1.54) is 5.56 Å². The average molecular weight is 270 g/mol. The predicted molar refractivity (Wildman–Crippen MR) is 82.2 cm³/mol. The van der Waals surface area contributed by atoms with Crippen LogP contribution >= 0.6 is 0 Å². The highest BCUT2D eigenvalue weighted by molar-refractivity contribution is 5.32. The van der Waals surface area contributed by atoms with Gasteiger partial charge in [-0.25, -0.2) is 0 Å². The Morgan fingerprint density at radius 3 is 2.35 bits per heavy atom. The Morgan fingerprint density at radius 2 is 1.80 bits per heavy atom. The van der Waals surface area contributed by atoms with Crippen LogP contribution in [0.2, 0.25) is 0 Å². The Kier molecular flexibility index (Phi) is 5.13. The van der Waals surface area contributed by atoms with Gasteiger partial charge >= 0.3 is 0 Å². The lowest BCUT2D eigenvalue weighted by Gasteiger charge is -2.10. The van der Waals surface area contributed by atoms with E-state index >= 15 is 0 Å². The normalized spacial score (nSPS) is 12.2. The molecule has 0 saturated carbocycles. The number of pyridine rings is 1. The zero-order valence-electron chi connectivity index (χ0n) is 12.4. The Hall–Kier alpha value is -1.87. The van der Waals surface area contributed by atoms with Crippen molar-refractivity contribution in [2.45, 2.75) is 32.7 Å². The van der Waals surface area contributed by atoms with Crippen LogP contribution in [0.15, 0.2) is 42.6 Å². The van der Waals surface area contributed by atoms with Gasteiger partial charge in [-0.2, -0.15) is 0 Å². The number of ether oxygens (including phenoxy) is 1. The minimum absolute atomic E-state index is 0.248. The summed E-state index contributed by atoms with van der Waals surface area (Å²) in [4.78, 5) is 4.41. The van der Waals surface area contributed by atoms with E-state index in [0.717, 1.165) is 30.0 Å². The van der Waals surface area contributed by atoms with Gasteiger partial charge in [-0.1, -0.05) is 25.5 Å². The van der Waals surface area contributed by atoms with E-state index in [1.54, 1.807) is 6.20 Å². The topological polar surface area (TPSA) is 34.1 Å². The summed E-state index contributed by atoms with van der Waals surface area (Å²) in [5, 5.41) is 3.17. The summed E-state index contributed by atoms with van der Waals surface area (Å²) >= 11 is 0. The first-order valence-electron chi connectivity index (χ1n) is 7.13. The molecule has 0 aliphatic heterocycles. The van der Waals surface area contributed by atoms with Crippen LogP contribution in [0.4, 0.5) is 0 Å². The van der Waals surface area contributed by atoms with Crippen molar-refractivity contribution in [1.29, 1.82) is 0 Å². The highest BCUT2D eigenvalue weighted by Gasteiger charge is 2.04. The lowest BCUT2D eigenvalue weighted by molar-refractivity contribution is 0.478. The molecular formula is C17H22N2O. The Bertz CT molecular complexity index is 520. The monoisotopic (exact) mass is 270 g/mol. The Morgan fingerprint density at radius 1 is 1.10 bits per heavy atom. The largest absolute Gasteiger partial charge is 0.456 e. The third-order valence-corrected chi connectivity index (χ3v) is 3.33. The van der Waals surface area contributed by atoms with Crippen LogP contribution in [0.5, 0.6) is 11.5 Å². The molecule has 1 atom stereocenters. The van der Waals surface area contributed by atoms with E-state index in [0.29, 0.717) is 0 Å². The van der Waals surface area contributed by atoms with Crippen molar-refractivity contribution in [3.05, 3.63) is 53.9 Å². The lowest BCUT2D eigenvalue weighted by Crippen LogP contribution is -2.13. The zero-order chi connectivity index (χ0) is 14.4. The number of aromatic nitrogens is 1. The zero-order valence-corrected chi connectivity index (χ0v) is 12.4. The number of nitrogens with one attached hydrogen (secondary N) is 1. The second kappa shape index (κ2) is 7.06. The molecule has 0 radical (unpaired) electrons. The molecule has 3 heteroatoms. The highest BCUT2D eigenvalue weighted by Crippen LogP contribution is 2.22. The van der Waals surface area contributed by atoms with E-state index < -0.39 is 0 Å². The molecule has 0 aliphatic carbocycles. The van der Waals surface area contributed by atoms with Crippen molar-refractivity contribution in [2.24, 2.45) is 0 Å². The maximum Gasteiger partial charge on any atom is 0.145 e. The maximum atomic E-state index is 5.80. The summed E-state index contributed by atoms with van der Waals surface area (Å²) < 4.78 is 5.80. The van der Waals surface area contributed by atoms with Gasteiger partial charge in [-0.05, 0) is 50.2 Å². The molecule has 1 heterocycles. The number of nitrogens with zero attached hydrogens (tertiary/aromatic N) is 1. The number of rotatable bonds is 6. The predicted octanol–water partition coefficient (Wildman–Crippen LogP) is 4.11. The van der Waals surface area contributed by atoms with E-state index in [4.69, 9.17) is 4.74 Å². The summed E-state index contributed by atoms with van der Waals surface area (Å²) in [5.74, 6) is 1.61. The fraction of sp³-hybridized carbons (Fsp3) is 0.353. The first-order valence-corrected chi connectivity index (χ1v) is 7.13. The molecule has 1 N–H and O–H groups in total. The average Bonchev–Trinajstić information content (AvgIpc) is 2.49. The number of aryl methyl sites for hydroxylation is 1. The van der Waals surface area contributed by atoms with Crippen LogP contribution in [-0.2, 0) is 6.42 Å². The molecule has 1 unspecified atom stereocenters. The maximum absolute atomic E-state index is 5.80. The Labute approximate surface area is 121 Å². The number of hydrogen-bond donors (Lipinski definition) is 1. The van der Waals surface area contributed by atoms with Crippen molar-refractivity contribution in [3.63, 3.8) is 0 Å². The van der Waals surface area contributed by atoms with Crippen LogP contribution in [0.1, 0.15) is 37.6 Å². The van der Waals surface area contributed by atoms with Crippen molar-refractivity contribution in [1.82, 2.24) is 10.3 Å². The van der Waals surface area contributed by atoms with E-state index in [2.05, 4.69) is 36.3 Å². The molecule has 0 spiro atoms. The van der Waals surface area contributed by atoms with Crippen molar-refractivity contribution in [3.8, 4) is 11.5 Å². The summed E-state index contributed by atoms with van der Waals surface area (Å²) in [6.45, 7) is 4.26. The highest BCUT2D eigenvalue weighted by atomic mass is 16.5. The number of hydrogen-bond acceptors (Lipinski definition) is 3. The van der Waals surface area contributed by atoms with Gasteiger partial charge in [0.05, 0.1) is 11.9 Å². The smallest absolute Gasteiger partial charge is 0.145 e. The lowest BCUT2D eigenvalue weighted by atomic mass is 10.1. The molecule has 1 aromatic heterocycles. The molecule has 106 valence electrons. The van der Waals surface area contributed by atoms with Crippen molar-refractivity contribution >= 4 is 0 Å². The molecular weight excluding hydrogens is 248 g/mol. The summed E-state index contributed by atoms with van der Waals surface area (Å²) in [5.41, 5.74) is 2.36. The molecule has 0 bridgehead atoms. The molecule has 2 aromatic rings. The van der Waals surface area contributed by atoms with Crippen LogP contribution in [0.3, 0.4) is 0 Å². The molecule has 0 aliphatic rings. The van der Waals surface area contributed by atoms with Gasteiger partial charge in [0.1, 0.15) is 11.5 Å². The fourth-order valence-electron chi connectivity index (χ4n) is 2.01. The Balaban J connectivity index is 2.02. The van der Waals surface area contributed by atoms with Gasteiger partial charge in [0, 0.05) is 6.04 Å². The first-order chi connectivity index (χ1) is 9.72. The van der Waals surface area contributed by atoms with Crippen LogP contribution in [0.25, 0.3) is 0 Å². The quantitative estimate of drug-likeness (QED) is 0.857. The molecule has 0 amide bonds. The molecule has 0 saturated heterocycles. The van der Waals surface area contributed by atoms with Crippen LogP contribution in [0, 0.1) is 0 Å². The third kappa shape index (κ3) is 3.81. The van der Waals surface area contributed by atoms with Gasteiger partial charge in [0.15, 0.2) is 0 Å². The van der Waals surface area contributed by atoms with E-state index in [9.17, 15) is 0 Å². The fourth-order valence-corrected chi connectivity index (χ4v) is 2.01. The van der Waals surface area contributed by atoms with Crippen molar-refractivity contribution < 1.29 is 4.74 Å². The summed E-state index contributed by atoms with van der Waals surface area (Å²) in [7, 11) is 1.93. The minimum Gasteiger partial charge on any atom is -0.456 e. The standard InChI is InChI=1S/C17H22N2O/c1-4-5-14-6-8-15(9-7-14)20-16-10-11-17(19-12-16)13(2)18-3/h6-13,18H,4-5H2,1-3H3. The summed E-state index contributed by atoms with van der Waals surface area (Å²) in [6, 6.07) is 12.4. The molecule has 3 nitrogen and oxygen atoms in total. The molecule has 0 fully saturated rings. The number of benzene rings is 1. The van der Waals surface area contributed by atoms with E-state index in [1.807, 2.05) is 31.3 Å². The third-order valence-electron chi connectivity index (χ3n) is 3.33. The first kappa shape index (κ1) is 14.5. The molecule has 2 rings (SSSR count). The minimum atomic E-state index is 0.248. The van der Waals surface area contributed by atoms with Crippen LogP contribution < -0.4 is 10.1 Å². The van der Waals surface area contributed by atoms with Crippen LogP contribution in [-0.4, -0.2) is 12.0 Å². The van der Waals surface area contributed by atoms with Gasteiger partial charge < -0.3 is 10.1 Å². The molecule has 1 aromatic carbocycles.